The SMILES string of the molecule is CCCC(OCC1CCC2OC2C1)Oc1ccc(C(=O)Oc2ccc(C(=O)Oc3ccc(CC(C)c4ccc(OC(=O)c5ccc(OCC6CO6)cc5)cc4)cc3)cc2)c(F)c1. The van der Waals surface area contributed by atoms with Crippen molar-refractivity contribution in [3.05, 3.63) is 149 Å². The predicted octanol–water partition coefficient (Wildman–Crippen LogP) is 9.70. The Morgan fingerprint density at radius 1 is 0.694 bits per heavy atom. The first-order valence-corrected chi connectivity index (χ1v) is 21.2. The number of carbonyl (C=O) groups excluding carboxylic acids is 3. The van der Waals surface area contributed by atoms with E-state index in [1.807, 2.05) is 31.2 Å². The van der Waals surface area contributed by atoms with Crippen LogP contribution in [0.15, 0.2) is 115 Å². The van der Waals surface area contributed by atoms with Crippen molar-refractivity contribution in [3.63, 3.8) is 0 Å². The van der Waals surface area contributed by atoms with E-state index in [1.54, 1.807) is 48.5 Å². The fourth-order valence-electron chi connectivity index (χ4n) is 7.40. The molecule has 6 atom stereocenters. The van der Waals surface area contributed by atoms with Gasteiger partial charge in [-0.3, -0.25) is 0 Å². The van der Waals surface area contributed by atoms with Crippen molar-refractivity contribution in [2.24, 2.45) is 5.92 Å². The van der Waals surface area contributed by atoms with E-state index in [-0.39, 0.29) is 34.6 Å². The first-order chi connectivity index (χ1) is 30.1. The molecule has 0 N–H and O–H groups in total. The molecule has 8 rings (SSSR count). The average Bonchev–Trinajstić information content (AvgIpc) is 4.23. The highest BCUT2D eigenvalue weighted by molar-refractivity contribution is 5.93. The lowest BCUT2D eigenvalue weighted by atomic mass is 9.90. The Balaban J connectivity index is 0.769. The van der Waals surface area contributed by atoms with Gasteiger partial charge >= 0.3 is 17.9 Å². The predicted molar refractivity (Wildman–Crippen MR) is 226 cm³/mol. The topological polar surface area (TPSA) is 132 Å². The largest absolute Gasteiger partial charge is 0.491 e. The first-order valence-electron chi connectivity index (χ1n) is 21.2. The molecule has 0 bridgehead atoms. The third-order valence-corrected chi connectivity index (χ3v) is 11.1. The fourth-order valence-corrected chi connectivity index (χ4v) is 7.40. The van der Waals surface area contributed by atoms with Crippen molar-refractivity contribution in [1.29, 1.82) is 0 Å². The maximum absolute atomic E-state index is 15.1. The molecule has 62 heavy (non-hydrogen) atoms. The lowest BCUT2D eigenvalue weighted by Crippen LogP contribution is -2.26. The molecule has 2 saturated heterocycles. The second-order valence-electron chi connectivity index (χ2n) is 16.0. The molecular formula is C50H49FO11. The summed E-state index contributed by atoms with van der Waals surface area (Å²) in [7, 11) is 0. The number of benzene rings is 5. The number of ether oxygens (including phenoxy) is 8. The van der Waals surface area contributed by atoms with Crippen molar-refractivity contribution in [1.82, 2.24) is 0 Å². The fraction of sp³-hybridized carbons (Fsp3) is 0.340. The van der Waals surface area contributed by atoms with E-state index in [9.17, 15) is 14.4 Å². The molecule has 0 amide bonds. The normalized spacial score (nSPS) is 19.6. The maximum atomic E-state index is 15.1. The van der Waals surface area contributed by atoms with Crippen LogP contribution in [-0.2, 0) is 20.6 Å². The highest BCUT2D eigenvalue weighted by atomic mass is 19.1. The van der Waals surface area contributed by atoms with E-state index in [0.717, 1.165) is 49.3 Å². The lowest BCUT2D eigenvalue weighted by molar-refractivity contribution is -0.0982. The van der Waals surface area contributed by atoms with Gasteiger partial charge < -0.3 is 37.9 Å². The van der Waals surface area contributed by atoms with Crippen molar-refractivity contribution in [2.45, 2.75) is 82.9 Å². The number of hydrogen-bond acceptors (Lipinski definition) is 11. The van der Waals surface area contributed by atoms with Gasteiger partial charge in [-0.15, -0.1) is 0 Å². The number of fused-ring (bicyclic) bond motifs is 1. The Morgan fingerprint density at radius 2 is 1.27 bits per heavy atom. The van der Waals surface area contributed by atoms with E-state index < -0.39 is 30.0 Å². The quantitative estimate of drug-likeness (QED) is 0.0341. The zero-order valence-electron chi connectivity index (χ0n) is 34.7. The number of halogens is 1. The molecule has 1 saturated carbocycles. The summed E-state index contributed by atoms with van der Waals surface area (Å²) in [5.41, 5.74) is 2.52. The molecule has 1 aliphatic carbocycles. The molecule has 2 aliphatic heterocycles. The highest BCUT2D eigenvalue weighted by Gasteiger charge is 2.44. The van der Waals surface area contributed by atoms with Gasteiger partial charge in [-0.2, -0.15) is 0 Å². The molecule has 6 unspecified atom stereocenters. The molecule has 12 heteroatoms. The molecular weight excluding hydrogens is 796 g/mol. The molecule has 3 fully saturated rings. The lowest BCUT2D eigenvalue weighted by Gasteiger charge is -2.24. The number of epoxide rings is 2. The second-order valence-corrected chi connectivity index (χ2v) is 16.0. The van der Waals surface area contributed by atoms with Crippen LogP contribution in [0.2, 0.25) is 0 Å². The van der Waals surface area contributed by atoms with Gasteiger partial charge in [-0.1, -0.05) is 44.5 Å². The van der Waals surface area contributed by atoms with Gasteiger partial charge in [0.2, 0.25) is 0 Å². The molecule has 0 spiro atoms. The van der Waals surface area contributed by atoms with Crippen LogP contribution in [-0.4, -0.2) is 62.3 Å². The second kappa shape index (κ2) is 19.7. The summed E-state index contributed by atoms with van der Waals surface area (Å²) >= 11 is 0. The minimum Gasteiger partial charge on any atom is -0.491 e. The van der Waals surface area contributed by atoms with Crippen molar-refractivity contribution < 1.29 is 56.7 Å². The maximum Gasteiger partial charge on any atom is 0.346 e. The summed E-state index contributed by atoms with van der Waals surface area (Å²) in [5, 5.41) is 0. The van der Waals surface area contributed by atoms with Crippen LogP contribution in [0.25, 0.3) is 0 Å². The van der Waals surface area contributed by atoms with Crippen LogP contribution < -0.4 is 23.7 Å². The van der Waals surface area contributed by atoms with Crippen LogP contribution in [0.3, 0.4) is 0 Å². The summed E-state index contributed by atoms with van der Waals surface area (Å²) in [6, 6.07) is 31.3. The standard InChI is InChI=1S/C50H49FO11/c1-3-4-47(57-28-33-7-24-45-46(26-33)62-45)58-41-22-23-43(44(51)27-41)50(54)61-40-20-12-36(13-21-40)49(53)59-38-14-5-32(6-15-38)25-31(2)34-8-18-39(19-9-34)60-48(52)35-10-16-37(17-11-35)55-29-42-30-56-42/h5-6,8-23,27,31,33,42,45-47H,3-4,7,24-26,28-30H2,1-2H3. The third kappa shape index (κ3) is 11.6. The molecule has 2 heterocycles. The minimum absolute atomic E-state index is 0.134. The van der Waals surface area contributed by atoms with E-state index in [2.05, 4.69) is 6.92 Å². The van der Waals surface area contributed by atoms with Gasteiger partial charge in [0.25, 0.3) is 0 Å². The smallest absolute Gasteiger partial charge is 0.346 e. The summed E-state index contributed by atoms with van der Waals surface area (Å²) in [4.78, 5) is 38.5. The first kappa shape index (κ1) is 42.6. The summed E-state index contributed by atoms with van der Waals surface area (Å²) < 4.78 is 60.1. The average molecular weight is 845 g/mol. The Bertz CT molecular complexity index is 2310. The van der Waals surface area contributed by atoms with Gasteiger partial charge in [0.1, 0.15) is 47.3 Å². The Morgan fingerprint density at radius 3 is 1.87 bits per heavy atom. The molecule has 5 aromatic rings. The van der Waals surface area contributed by atoms with Crippen molar-refractivity contribution >= 4 is 17.9 Å². The molecule has 11 nitrogen and oxygen atoms in total. The van der Waals surface area contributed by atoms with Crippen LogP contribution in [0.4, 0.5) is 4.39 Å². The Labute approximate surface area is 359 Å². The van der Waals surface area contributed by atoms with E-state index >= 15 is 4.39 Å². The van der Waals surface area contributed by atoms with Crippen LogP contribution >= 0.6 is 0 Å². The summed E-state index contributed by atoms with van der Waals surface area (Å²) in [6.07, 6.45) is 5.72. The molecule has 322 valence electrons. The number of rotatable bonds is 19. The molecule has 3 aliphatic rings. The van der Waals surface area contributed by atoms with E-state index in [0.29, 0.717) is 67.2 Å². The van der Waals surface area contributed by atoms with Gasteiger partial charge in [-0.05, 0) is 134 Å². The summed E-state index contributed by atoms with van der Waals surface area (Å²) in [5.74, 6) is -0.277. The Hall–Kier alpha value is -6.08. The van der Waals surface area contributed by atoms with Gasteiger partial charge in [0, 0.05) is 12.5 Å². The number of carbonyl (C=O) groups is 3. The highest BCUT2D eigenvalue weighted by Crippen LogP contribution is 2.39. The van der Waals surface area contributed by atoms with E-state index in [1.165, 1.54) is 36.4 Å². The van der Waals surface area contributed by atoms with Gasteiger partial charge in [0.15, 0.2) is 6.29 Å². The number of esters is 3. The van der Waals surface area contributed by atoms with Crippen molar-refractivity contribution in [3.8, 4) is 28.7 Å². The monoisotopic (exact) mass is 844 g/mol. The molecule has 5 aromatic carbocycles. The van der Waals surface area contributed by atoms with Crippen LogP contribution in [0.5, 0.6) is 28.7 Å². The zero-order chi connectivity index (χ0) is 43.0. The van der Waals surface area contributed by atoms with Crippen LogP contribution in [0, 0.1) is 11.7 Å². The number of hydrogen-bond donors (Lipinski definition) is 0. The van der Waals surface area contributed by atoms with Crippen molar-refractivity contribution in [2.75, 3.05) is 19.8 Å². The third-order valence-electron chi connectivity index (χ3n) is 11.1. The Kier molecular flexibility index (Phi) is 13.6. The van der Waals surface area contributed by atoms with E-state index in [4.69, 9.17) is 37.9 Å². The molecule has 0 radical (unpaired) electrons. The molecule has 0 aromatic heterocycles. The summed E-state index contributed by atoms with van der Waals surface area (Å²) in [6.45, 7) is 5.90. The zero-order valence-corrected chi connectivity index (χ0v) is 34.7. The van der Waals surface area contributed by atoms with Crippen LogP contribution in [0.1, 0.15) is 94.1 Å². The van der Waals surface area contributed by atoms with Gasteiger partial charge in [-0.25, -0.2) is 18.8 Å². The minimum atomic E-state index is -0.889. The van der Waals surface area contributed by atoms with Gasteiger partial charge in [0.05, 0.1) is 42.1 Å².